The van der Waals surface area contributed by atoms with Gasteiger partial charge in [0.15, 0.2) is 6.67 Å². The van der Waals surface area contributed by atoms with E-state index in [0.717, 1.165) is 0 Å². The van der Waals surface area contributed by atoms with Crippen LogP contribution in [0.25, 0.3) is 0 Å². The highest BCUT2D eigenvalue weighted by molar-refractivity contribution is 7.59. The molecular weight excluding hydrogens is 113 g/mol. The zero-order valence-corrected chi connectivity index (χ0v) is 3.92. The molecule has 40 valence electrons. The van der Waals surface area contributed by atoms with Crippen LogP contribution in [0.5, 0.6) is 0 Å². The fourth-order valence-electron chi connectivity index (χ4n) is 0. The maximum absolute atomic E-state index is 10.4. The van der Waals surface area contributed by atoms with E-state index in [0.29, 0.717) is 0 Å². The van der Waals surface area contributed by atoms with E-state index >= 15 is 0 Å². The van der Waals surface area contributed by atoms with Crippen LogP contribution in [0.15, 0.2) is 0 Å². The molecule has 0 fully saturated rings. The highest BCUT2D eigenvalue weighted by Crippen LogP contribution is 1.88. The van der Waals surface area contributed by atoms with Gasteiger partial charge in [-0.2, -0.15) is 13.5 Å². The topological polar surface area (TPSA) is 0 Å². The maximum Gasteiger partial charge on any atom is 0.266 e. The van der Waals surface area contributed by atoms with Gasteiger partial charge in [0.1, 0.15) is 0 Å². The maximum atomic E-state index is 10.4. The third kappa shape index (κ3) is 8.91. The summed E-state index contributed by atoms with van der Waals surface area (Å²) < 4.78 is 31.1. The molecule has 0 aromatic carbocycles. The van der Waals surface area contributed by atoms with Gasteiger partial charge in [0.05, 0.1) is 0 Å². The van der Waals surface area contributed by atoms with Gasteiger partial charge in [-0.15, -0.1) is 0 Å². The Kier molecular flexibility index (Phi) is 8.11. The molecule has 0 saturated heterocycles. The number of hydrogen-bond donors (Lipinski definition) is 0. The normalized spacial score (nSPS) is 8.00. The summed E-state index contributed by atoms with van der Waals surface area (Å²) in [6.07, 6.45) is -2.78. The van der Waals surface area contributed by atoms with Crippen molar-refractivity contribution in [2.24, 2.45) is 0 Å². The molecule has 0 heterocycles. The Hall–Kier alpha value is 0.140. The van der Waals surface area contributed by atoms with Crippen molar-refractivity contribution in [1.29, 1.82) is 0 Å². The quantitative estimate of drug-likeness (QED) is 0.487. The third-order valence-corrected chi connectivity index (χ3v) is 0.117. The van der Waals surface area contributed by atoms with Crippen molar-refractivity contribution in [2.45, 2.75) is 6.43 Å². The van der Waals surface area contributed by atoms with Crippen molar-refractivity contribution in [1.82, 2.24) is 0 Å². The predicted molar refractivity (Wildman–Crippen MR) is 22.4 cm³/mol. The highest BCUT2D eigenvalue weighted by Gasteiger charge is 1.95. The number of alkyl halides is 3. The predicted octanol–water partition coefficient (Wildman–Crippen LogP) is 1.33. The van der Waals surface area contributed by atoms with E-state index in [1.54, 1.807) is 0 Å². The van der Waals surface area contributed by atoms with E-state index < -0.39 is 13.1 Å². The molecular formula is C2H5F3S. The van der Waals surface area contributed by atoms with Crippen molar-refractivity contribution >= 4 is 13.5 Å². The Balaban J connectivity index is 0. The molecule has 0 N–H and O–H groups in total. The first-order valence-corrected chi connectivity index (χ1v) is 1.11. The van der Waals surface area contributed by atoms with E-state index in [4.69, 9.17) is 0 Å². The minimum Gasteiger partial charge on any atom is -0.245 e. The molecule has 0 bridgehead atoms. The number of hydrogen-bond acceptors (Lipinski definition) is 0. The van der Waals surface area contributed by atoms with Crippen LogP contribution in [-0.4, -0.2) is 13.1 Å². The van der Waals surface area contributed by atoms with E-state index in [-0.39, 0.29) is 13.5 Å². The molecule has 0 aliphatic heterocycles. The Morgan fingerprint density at radius 2 is 1.50 bits per heavy atom. The van der Waals surface area contributed by atoms with Gasteiger partial charge in [-0.1, -0.05) is 0 Å². The lowest BCUT2D eigenvalue weighted by atomic mass is 10.8. The molecule has 0 aromatic rings. The third-order valence-electron chi connectivity index (χ3n) is 0.117. The number of rotatable bonds is 1. The van der Waals surface area contributed by atoms with Gasteiger partial charge in [0.25, 0.3) is 6.43 Å². The second-order valence-corrected chi connectivity index (χ2v) is 0.545. The van der Waals surface area contributed by atoms with Crippen LogP contribution in [0.4, 0.5) is 13.2 Å². The molecule has 0 aromatic heterocycles. The van der Waals surface area contributed by atoms with Gasteiger partial charge in [0.2, 0.25) is 0 Å². The molecule has 0 spiro atoms. The van der Waals surface area contributed by atoms with Crippen molar-refractivity contribution in [3.8, 4) is 0 Å². The largest absolute Gasteiger partial charge is 0.266 e. The first-order chi connectivity index (χ1) is 2.27. The molecule has 0 nitrogen and oxygen atoms in total. The van der Waals surface area contributed by atoms with Crippen molar-refractivity contribution in [2.75, 3.05) is 6.67 Å². The molecule has 6 heavy (non-hydrogen) atoms. The van der Waals surface area contributed by atoms with Crippen LogP contribution >= 0.6 is 13.5 Å². The standard InChI is InChI=1S/C2H3F3.H2S/c3-1-2(4)5;/h2H,1H2;1H2. The van der Waals surface area contributed by atoms with Crippen LogP contribution < -0.4 is 0 Å². The summed E-state index contributed by atoms with van der Waals surface area (Å²) in [5, 5.41) is 0. The smallest absolute Gasteiger partial charge is 0.245 e. The second-order valence-electron chi connectivity index (χ2n) is 0.545. The molecule has 0 saturated carbocycles. The summed E-state index contributed by atoms with van der Waals surface area (Å²) in [4.78, 5) is 0. The van der Waals surface area contributed by atoms with Gasteiger partial charge in [-0.05, 0) is 0 Å². The van der Waals surface area contributed by atoms with Gasteiger partial charge < -0.3 is 0 Å². The molecule has 0 rings (SSSR count). The minimum absolute atomic E-state index is 0. The van der Waals surface area contributed by atoms with Crippen LogP contribution in [-0.2, 0) is 0 Å². The van der Waals surface area contributed by atoms with E-state index in [9.17, 15) is 13.2 Å². The first-order valence-electron chi connectivity index (χ1n) is 1.11. The summed E-state index contributed by atoms with van der Waals surface area (Å²) >= 11 is 0. The molecule has 0 radical (unpaired) electrons. The summed E-state index contributed by atoms with van der Waals surface area (Å²) in [6, 6.07) is 0. The first kappa shape index (κ1) is 9.46. The van der Waals surface area contributed by atoms with Crippen molar-refractivity contribution < 1.29 is 13.2 Å². The zero-order valence-electron chi connectivity index (χ0n) is 2.92. The van der Waals surface area contributed by atoms with Gasteiger partial charge in [0, 0.05) is 0 Å². The van der Waals surface area contributed by atoms with Gasteiger partial charge in [-0.3, -0.25) is 0 Å². The lowest BCUT2D eigenvalue weighted by Gasteiger charge is -1.78. The fraction of sp³-hybridized carbons (Fsp3) is 1.00. The monoisotopic (exact) mass is 118 g/mol. The molecule has 0 amide bonds. The second kappa shape index (κ2) is 5.14. The van der Waals surface area contributed by atoms with E-state index in [2.05, 4.69) is 0 Å². The Bertz CT molecular complexity index is 22.8. The van der Waals surface area contributed by atoms with Crippen LogP contribution in [0.2, 0.25) is 0 Å². The van der Waals surface area contributed by atoms with Gasteiger partial charge >= 0.3 is 0 Å². The summed E-state index contributed by atoms with van der Waals surface area (Å²) in [5.41, 5.74) is 0. The average molecular weight is 118 g/mol. The SMILES string of the molecule is FCC(F)F.S. The highest BCUT2D eigenvalue weighted by atomic mass is 32.1. The summed E-state index contributed by atoms with van der Waals surface area (Å²) in [5.74, 6) is 0. The van der Waals surface area contributed by atoms with E-state index in [1.807, 2.05) is 0 Å². The van der Waals surface area contributed by atoms with Crippen LogP contribution in [0.1, 0.15) is 0 Å². The van der Waals surface area contributed by atoms with Crippen LogP contribution in [0.3, 0.4) is 0 Å². The molecule has 0 unspecified atom stereocenters. The van der Waals surface area contributed by atoms with Crippen molar-refractivity contribution in [3.63, 3.8) is 0 Å². The zero-order chi connectivity index (χ0) is 4.28. The summed E-state index contributed by atoms with van der Waals surface area (Å²) in [6.45, 7) is -1.53. The molecule has 0 atom stereocenters. The van der Waals surface area contributed by atoms with Gasteiger partial charge in [-0.25, -0.2) is 13.2 Å². The Morgan fingerprint density at radius 1 is 1.33 bits per heavy atom. The van der Waals surface area contributed by atoms with Crippen LogP contribution in [0, 0.1) is 0 Å². The lowest BCUT2D eigenvalue weighted by Crippen LogP contribution is -1.88. The molecule has 0 aliphatic carbocycles. The van der Waals surface area contributed by atoms with E-state index in [1.165, 1.54) is 0 Å². The molecule has 4 heteroatoms. The summed E-state index contributed by atoms with van der Waals surface area (Å²) in [7, 11) is 0. The molecule has 0 aliphatic rings. The Labute approximate surface area is 40.8 Å². The number of halogens is 3. The lowest BCUT2D eigenvalue weighted by molar-refractivity contribution is 0.113. The average Bonchev–Trinajstić information content (AvgIpc) is 1.38. The minimum atomic E-state index is -2.78. The fourth-order valence-corrected chi connectivity index (χ4v) is 0. The Morgan fingerprint density at radius 3 is 1.50 bits per heavy atom. The van der Waals surface area contributed by atoms with Crippen molar-refractivity contribution in [3.05, 3.63) is 0 Å².